The van der Waals surface area contributed by atoms with E-state index in [4.69, 9.17) is 0 Å². The number of hydrogen-bond donors (Lipinski definition) is 1. The summed E-state index contributed by atoms with van der Waals surface area (Å²) in [5.41, 5.74) is 1.72. The molecule has 0 spiro atoms. The quantitative estimate of drug-likeness (QED) is 0.892. The number of aryl methyl sites for hydroxylation is 1. The second-order valence-electron chi connectivity index (χ2n) is 3.08. The van der Waals surface area contributed by atoms with Crippen LogP contribution in [-0.4, -0.2) is 10.9 Å². The van der Waals surface area contributed by atoms with E-state index >= 15 is 0 Å². The van der Waals surface area contributed by atoms with Crippen LogP contribution in [0.25, 0.3) is 0 Å². The van der Waals surface area contributed by atoms with Crippen molar-refractivity contribution in [2.24, 2.45) is 0 Å². The summed E-state index contributed by atoms with van der Waals surface area (Å²) in [5, 5.41) is 9.48. The molecule has 2 rings (SSSR count). The molecule has 15 heavy (non-hydrogen) atoms. The van der Waals surface area contributed by atoms with Gasteiger partial charge in [0.15, 0.2) is 0 Å². The number of nitrogens with zero attached hydrogens (tertiary/aromatic N) is 1. The number of rotatable bonds is 3. The number of hydrogen-bond acceptors (Lipinski definition) is 4. The Morgan fingerprint density at radius 1 is 1.53 bits per heavy atom. The first-order valence-corrected chi connectivity index (χ1v) is 6.29. The Balaban J connectivity index is 1.91. The minimum absolute atomic E-state index is 0.0379. The summed E-state index contributed by atoms with van der Waals surface area (Å²) in [7, 11) is 0. The van der Waals surface area contributed by atoms with Gasteiger partial charge in [-0.15, -0.1) is 11.3 Å². The first-order chi connectivity index (χ1) is 7.25. The summed E-state index contributed by atoms with van der Waals surface area (Å²) in [6, 6.07) is 1.81. The summed E-state index contributed by atoms with van der Waals surface area (Å²) in [5.74, 6) is -0.0379. The van der Waals surface area contributed by atoms with Crippen LogP contribution in [0, 0.1) is 6.92 Å². The van der Waals surface area contributed by atoms with E-state index in [1.54, 1.807) is 11.3 Å². The molecule has 0 saturated heterocycles. The number of aromatic nitrogens is 1. The molecule has 1 amide bonds. The third kappa shape index (κ3) is 2.64. The summed E-state index contributed by atoms with van der Waals surface area (Å²) >= 11 is 3.09. The highest BCUT2D eigenvalue weighted by Gasteiger charge is 2.06. The van der Waals surface area contributed by atoms with E-state index in [-0.39, 0.29) is 5.91 Å². The fourth-order valence-electron chi connectivity index (χ4n) is 1.14. The molecule has 0 atom stereocenters. The van der Waals surface area contributed by atoms with Crippen LogP contribution in [0.5, 0.6) is 0 Å². The van der Waals surface area contributed by atoms with E-state index in [2.05, 4.69) is 10.3 Å². The van der Waals surface area contributed by atoms with Crippen molar-refractivity contribution < 1.29 is 4.79 Å². The highest BCUT2D eigenvalue weighted by molar-refractivity contribution is 7.09. The number of amides is 1. The molecule has 0 aliphatic carbocycles. The second kappa shape index (κ2) is 4.55. The summed E-state index contributed by atoms with van der Waals surface area (Å²) < 4.78 is 0. The molecule has 0 fully saturated rings. The molecule has 1 N–H and O–H groups in total. The molecule has 0 radical (unpaired) electrons. The summed E-state index contributed by atoms with van der Waals surface area (Å²) in [6.45, 7) is 2.45. The van der Waals surface area contributed by atoms with Gasteiger partial charge >= 0.3 is 0 Å². The van der Waals surface area contributed by atoms with Crippen LogP contribution in [-0.2, 0) is 6.54 Å². The molecule has 2 aromatic heterocycles. The van der Waals surface area contributed by atoms with Crippen molar-refractivity contribution in [1.82, 2.24) is 10.3 Å². The topological polar surface area (TPSA) is 42.0 Å². The van der Waals surface area contributed by atoms with Gasteiger partial charge in [0.25, 0.3) is 5.91 Å². The van der Waals surface area contributed by atoms with Crippen molar-refractivity contribution >= 4 is 28.6 Å². The Hall–Kier alpha value is -1.20. The average Bonchev–Trinajstić information content (AvgIpc) is 2.84. The van der Waals surface area contributed by atoms with E-state index in [1.165, 1.54) is 11.3 Å². The first kappa shape index (κ1) is 10.3. The number of thiazole rings is 1. The second-order valence-corrected chi connectivity index (χ2v) is 4.80. The molecule has 2 aromatic rings. The molecule has 0 aromatic carbocycles. The molecule has 0 aliphatic heterocycles. The lowest BCUT2D eigenvalue weighted by Gasteiger charge is -1.99. The average molecular weight is 238 g/mol. The fourth-order valence-corrected chi connectivity index (χ4v) is 2.48. The smallest absolute Gasteiger partial charge is 0.252 e. The first-order valence-electron chi connectivity index (χ1n) is 4.47. The van der Waals surface area contributed by atoms with Crippen molar-refractivity contribution in [2.75, 3.05) is 0 Å². The van der Waals surface area contributed by atoms with Gasteiger partial charge in [-0.3, -0.25) is 4.79 Å². The number of carbonyl (C=O) groups excluding carboxylic acids is 1. The standard InChI is InChI=1S/C10H10N2OS2/c1-7-5-15-9(12-7)4-11-10(13)8-2-3-14-6-8/h2-3,5-6H,4H2,1H3,(H,11,13). The van der Waals surface area contributed by atoms with Crippen molar-refractivity contribution in [2.45, 2.75) is 13.5 Å². The maximum Gasteiger partial charge on any atom is 0.252 e. The van der Waals surface area contributed by atoms with Gasteiger partial charge in [-0.2, -0.15) is 11.3 Å². The van der Waals surface area contributed by atoms with Crippen LogP contribution in [0.1, 0.15) is 21.1 Å². The highest BCUT2D eigenvalue weighted by Crippen LogP contribution is 2.09. The van der Waals surface area contributed by atoms with E-state index in [1.807, 2.05) is 29.1 Å². The molecule has 78 valence electrons. The van der Waals surface area contributed by atoms with Gasteiger partial charge in [-0.25, -0.2) is 4.98 Å². The minimum Gasteiger partial charge on any atom is -0.345 e. The van der Waals surface area contributed by atoms with Gasteiger partial charge in [0.05, 0.1) is 6.54 Å². The number of thiophene rings is 1. The van der Waals surface area contributed by atoms with Crippen molar-refractivity contribution in [1.29, 1.82) is 0 Å². The Morgan fingerprint density at radius 2 is 2.40 bits per heavy atom. The van der Waals surface area contributed by atoms with Crippen LogP contribution in [0.4, 0.5) is 0 Å². The third-order valence-electron chi connectivity index (χ3n) is 1.85. The van der Waals surface area contributed by atoms with Gasteiger partial charge in [-0.05, 0) is 18.4 Å². The van der Waals surface area contributed by atoms with Crippen LogP contribution in [0.15, 0.2) is 22.2 Å². The molecule has 3 nitrogen and oxygen atoms in total. The maximum absolute atomic E-state index is 11.6. The van der Waals surface area contributed by atoms with Gasteiger partial charge < -0.3 is 5.32 Å². The Morgan fingerprint density at radius 3 is 3.00 bits per heavy atom. The molecule has 2 heterocycles. The Bertz CT molecular complexity index is 448. The number of carbonyl (C=O) groups is 1. The predicted octanol–water partition coefficient (Wildman–Crippen LogP) is 2.44. The monoisotopic (exact) mass is 238 g/mol. The molecule has 5 heteroatoms. The van der Waals surface area contributed by atoms with Crippen molar-refractivity contribution in [3.8, 4) is 0 Å². The normalized spacial score (nSPS) is 10.2. The molecular formula is C10H10N2OS2. The van der Waals surface area contributed by atoms with Crippen molar-refractivity contribution in [3.05, 3.63) is 38.5 Å². The minimum atomic E-state index is -0.0379. The highest BCUT2D eigenvalue weighted by atomic mass is 32.1. The molecule has 0 unspecified atom stereocenters. The molecule has 0 saturated carbocycles. The Kier molecular flexibility index (Phi) is 3.13. The van der Waals surface area contributed by atoms with Gasteiger partial charge in [0.1, 0.15) is 5.01 Å². The van der Waals surface area contributed by atoms with E-state index in [0.717, 1.165) is 10.7 Å². The lowest BCUT2D eigenvalue weighted by Crippen LogP contribution is -2.22. The zero-order valence-electron chi connectivity index (χ0n) is 8.19. The number of nitrogens with one attached hydrogen (secondary N) is 1. The van der Waals surface area contributed by atoms with E-state index < -0.39 is 0 Å². The fraction of sp³-hybridized carbons (Fsp3) is 0.200. The SMILES string of the molecule is Cc1csc(CNC(=O)c2ccsc2)n1. The predicted molar refractivity (Wildman–Crippen MR) is 62.3 cm³/mol. The van der Waals surface area contributed by atoms with Crippen molar-refractivity contribution in [3.63, 3.8) is 0 Å². The zero-order chi connectivity index (χ0) is 10.7. The molecule has 0 aliphatic rings. The van der Waals surface area contributed by atoms with Crippen LogP contribution in [0.2, 0.25) is 0 Å². The summed E-state index contributed by atoms with van der Waals surface area (Å²) in [6.07, 6.45) is 0. The van der Waals surface area contributed by atoms with Crippen LogP contribution in [0.3, 0.4) is 0 Å². The van der Waals surface area contributed by atoms with Gasteiger partial charge in [0.2, 0.25) is 0 Å². The van der Waals surface area contributed by atoms with Crippen LogP contribution >= 0.6 is 22.7 Å². The zero-order valence-corrected chi connectivity index (χ0v) is 9.82. The lowest BCUT2D eigenvalue weighted by atomic mass is 10.3. The van der Waals surface area contributed by atoms with Gasteiger partial charge in [-0.1, -0.05) is 0 Å². The molecule has 0 bridgehead atoms. The molecular weight excluding hydrogens is 228 g/mol. The largest absolute Gasteiger partial charge is 0.345 e. The third-order valence-corrected chi connectivity index (χ3v) is 3.50. The van der Waals surface area contributed by atoms with Crippen LogP contribution < -0.4 is 5.32 Å². The maximum atomic E-state index is 11.6. The van der Waals surface area contributed by atoms with Gasteiger partial charge in [0, 0.05) is 22.0 Å². The lowest BCUT2D eigenvalue weighted by molar-refractivity contribution is 0.0951. The Labute approximate surface area is 95.8 Å². The van der Waals surface area contributed by atoms with E-state index in [0.29, 0.717) is 12.1 Å². The summed E-state index contributed by atoms with van der Waals surface area (Å²) in [4.78, 5) is 15.8. The van der Waals surface area contributed by atoms with E-state index in [9.17, 15) is 4.79 Å².